The molecule has 4 saturated carbocycles. The number of carbonyl (C=O) groups excluding carboxylic acids is 1. The van der Waals surface area contributed by atoms with E-state index in [1.807, 2.05) is 29.1 Å². The van der Waals surface area contributed by atoms with E-state index in [0.29, 0.717) is 13.2 Å². The first-order valence-corrected chi connectivity index (χ1v) is 11.1. The van der Waals surface area contributed by atoms with Crippen LogP contribution in [0, 0.1) is 17.8 Å². The Morgan fingerprint density at radius 3 is 2.41 bits per heavy atom. The van der Waals surface area contributed by atoms with Gasteiger partial charge in [-0.15, -0.1) is 0 Å². The molecule has 1 aromatic carbocycles. The van der Waals surface area contributed by atoms with Crippen molar-refractivity contribution < 1.29 is 9.53 Å². The summed E-state index contributed by atoms with van der Waals surface area (Å²) in [6.45, 7) is 1.29. The molecule has 5 heteroatoms. The number of nitrogens with one attached hydrogen (secondary N) is 1. The quantitative estimate of drug-likeness (QED) is 0.721. The van der Waals surface area contributed by atoms with Gasteiger partial charge in [-0.05, 0) is 74.8 Å². The highest BCUT2D eigenvalue weighted by Gasteiger charge is 2.53. The maximum Gasteiger partial charge on any atom is 0.254 e. The molecule has 0 radical (unpaired) electrons. The Kier molecular flexibility index (Phi) is 4.94. The number of aromatic nitrogens is 2. The predicted molar refractivity (Wildman–Crippen MR) is 112 cm³/mol. The van der Waals surface area contributed by atoms with E-state index in [0.717, 1.165) is 41.1 Å². The zero-order valence-electron chi connectivity index (χ0n) is 17.3. The Labute approximate surface area is 172 Å². The lowest BCUT2D eigenvalue weighted by atomic mass is 9.48. The lowest BCUT2D eigenvalue weighted by Gasteiger charge is -2.56. The van der Waals surface area contributed by atoms with Crippen molar-refractivity contribution in [1.29, 1.82) is 0 Å². The molecular weight excluding hydrogens is 362 g/mol. The lowest BCUT2D eigenvalue weighted by Crippen LogP contribution is -2.49. The van der Waals surface area contributed by atoms with Crippen LogP contribution in [0.3, 0.4) is 0 Å². The number of para-hydroxylation sites is 1. The highest BCUT2D eigenvalue weighted by molar-refractivity contribution is 5.95. The maximum atomic E-state index is 13.2. The lowest BCUT2D eigenvalue weighted by molar-refractivity contribution is -0.00770. The molecule has 2 aromatic rings. The molecule has 5 nitrogen and oxygen atoms in total. The number of methoxy groups -OCH3 is 1. The van der Waals surface area contributed by atoms with Gasteiger partial charge in [0.15, 0.2) is 0 Å². The molecule has 154 valence electrons. The number of benzene rings is 1. The second kappa shape index (κ2) is 7.60. The molecule has 6 rings (SSSR count). The fraction of sp³-hybridized carbons (Fsp3) is 0.583. The number of hydrogen-bond donors (Lipinski definition) is 1. The van der Waals surface area contributed by atoms with Gasteiger partial charge in [0, 0.05) is 31.9 Å². The average Bonchev–Trinajstić information content (AvgIpc) is 3.17. The van der Waals surface area contributed by atoms with Crippen LogP contribution in [0.4, 0.5) is 0 Å². The van der Waals surface area contributed by atoms with E-state index in [-0.39, 0.29) is 11.3 Å². The van der Waals surface area contributed by atoms with Crippen molar-refractivity contribution in [2.45, 2.75) is 50.4 Å². The van der Waals surface area contributed by atoms with E-state index in [2.05, 4.69) is 17.4 Å². The van der Waals surface area contributed by atoms with E-state index < -0.39 is 0 Å². The van der Waals surface area contributed by atoms with Gasteiger partial charge in [0.05, 0.1) is 16.9 Å². The van der Waals surface area contributed by atoms with Crippen LogP contribution >= 0.6 is 0 Å². The number of ether oxygens (including phenoxy) is 1. The Morgan fingerprint density at radius 1 is 1.14 bits per heavy atom. The Balaban J connectivity index is 1.50. The molecule has 0 spiro atoms. The topological polar surface area (TPSA) is 56.1 Å². The van der Waals surface area contributed by atoms with Crippen molar-refractivity contribution in [3.05, 3.63) is 47.8 Å². The summed E-state index contributed by atoms with van der Waals surface area (Å²) < 4.78 is 7.03. The molecular formula is C24H31N3O2. The monoisotopic (exact) mass is 393 g/mol. The molecule has 4 bridgehead atoms. The summed E-state index contributed by atoms with van der Waals surface area (Å²) in [5.74, 6) is 2.47. The second-order valence-corrected chi connectivity index (χ2v) is 9.47. The highest BCUT2D eigenvalue weighted by Crippen LogP contribution is 2.60. The molecule has 4 fully saturated rings. The van der Waals surface area contributed by atoms with Crippen LogP contribution in [-0.2, 0) is 10.2 Å². The fourth-order valence-corrected chi connectivity index (χ4v) is 6.56. The average molecular weight is 394 g/mol. The zero-order valence-corrected chi connectivity index (χ0v) is 17.3. The summed E-state index contributed by atoms with van der Waals surface area (Å²) in [5, 5.41) is 8.17. The number of hydrogen-bond acceptors (Lipinski definition) is 3. The van der Waals surface area contributed by atoms with Crippen molar-refractivity contribution in [1.82, 2.24) is 15.1 Å². The summed E-state index contributed by atoms with van der Waals surface area (Å²) in [6.07, 6.45) is 10.5. The SMILES string of the molecule is COCCCNC(=O)c1cn(-c2ccccc2)nc1C12CC3CC(CC(C3)C1)C2. The summed E-state index contributed by atoms with van der Waals surface area (Å²) in [5.41, 5.74) is 2.92. The predicted octanol–water partition coefficient (Wildman–Crippen LogP) is 4.11. The Hall–Kier alpha value is -2.14. The van der Waals surface area contributed by atoms with Crippen LogP contribution < -0.4 is 5.32 Å². The normalized spacial score (nSPS) is 29.9. The van der Waals surface area contributed by atoms with Crippen molar-refractivity contribution in [2.24, 2.45) is 17.8 Å². The number of amides is 1. The molecule has 0 unspecified atom stereocenters. The van der Waals surface area contributed by atoms with Crippen LogP contribution in [0.25, 0.3) is 5.69 Å². The van der Waals surface area contributed by atoms with Gasteiger partial charge in [0.1, 0.15) is 0 Å². The van der Waals surface area contributed by atoms with Crippen molar-refractivity contribution >= 4 is 5.91 Å². The second-order valence-electron chi connectivity index (χ2n) is 9.47. The third-order valence-corrected chi connectivity index (χ3v) is 7.33. The fourth-order valence-electron chi connectivity index (χ4n) is 6.56. The van der Waals surface area contributed by atoms with Gasteiger partial charge in [-0.25, -0.2) is 4.68 Å². The zero-order chi connectivity index (χ0) is 19.8. The van der Waals surface area contributed by atoms with E-state index in [4.69, 9.17) is 9.84 Å². The van der Waals surface area contributed by atoms with Gasteiger partial charge in [0.2, 0.25) is 0 Å². The first-order valence-electron chi connectivity index (χ1n) is 11.1. The van der Waals surface area contributed by atoms with Gasteiger partial charge < -0.3 is 10.1 Å². The highest BCUT2D eigenvalue weighted by atomic mass is 16.5. The summed E-state index contributed by atoms with van der Waals surface area (Å²) in [4.78, 5) is 13.2. The van der Waals surface area contributed by atoms with Crippen molar-refractivity contribution in [2.75, 3.05) is 20.3 Å². The molecule has 1 aromatic heterocycles. The van der Waals surface area contributed by atoms with E-state index in [1.54, 1.807) is 7.11 Å². The molecule has 0 aliphatic heterocycles. The largest absolute Gasteiger partial charge is 0.385 e. The number of nitrogens with zero attached hydrogens (tertiary/aromatic N) is 2. The van der Waals surface area contributed by atoms with Gasteiger partial charge in [-0.2, -0.15) is 5.10 Å². The van der Waals surface area contributed by atoms with Crippen molar-refractivity contribution in [3.63, 3.8) is 0 Å². The molecule has 29 heavy (non-hydrogen) atoms. The smallest absolute Gasteiger partial charge is 0.254 e. The van der Waals surface area contributed by atoms with Gasteiger partial charge in [-0.1, -0.05) is 18.2 Å². The third kappa shape index (κ3) is 3.50. The minimum absolute atomic E-state index is 0.00836. The molecule has 0 saturated heterocycles. The number of rotatable bonds is 7. The molecule has 1 amide bonds. The summed E-state index contributed by atoms with van der Waals surface area (Å²) in [6, 6.07) is 10.2. The first kappa shape index (κ1) is 18.9. The van der Waals surface area contributed by atoms with E-state index in [1.165, 1.54) is 38.5 Å². The van der Waals surface area contributed by atoms with Crippen LogP contribution in [0.5, 0.6) is 0 Å². The maximum absolute atomic E-state index is 13.2. The van der Waals surface area contributed by atoms with Gasteiger partial charge >= 0.3 is 0 Å². The van der Waals surface area contributed by atoms with Crippen LogP contribution in [0.2, 0.25) is 0 Å². The summed E-state index contributed by atoms with van der Waals surface area (Å²) >= 11 is 0. The van der Waals surface area contributed by atoms with Gasteiger partial charge in [-0.3, -0.25) is 4.79 Å². The Bertz CT molecular complexity index is 838. The molecule has 4 aliphatic carbocycles. The third-order valence-electron chi connectivity index (χ3n) is 7.33. The van der Waals surface area contributed by atoms with Crippen molar-refractivity contribution in [3.8, 4) is 5.69 Å². The summed E-state index contributed by atoms with van der Waals surface area (Å²) in [7, 11) is 1.69. The first-order chi connectivity index (χ1) is 14.2. The molecule has 0 atom stereocenters. The molecule has 1 heterocycles. The standard InChI is InChI=1S/C24H31N3O2/c1-29-9-5-8-25-23(28)21-16-27(20-6-3-2-4-7-20)26-22(21)24-13-17-10-18(14-24)12-19(11-17)15-24/h2-4,6-7,16-19H,5,8-15H2,1H3,(H,25,28). The van der Waals surface area contributed by atoms with E-state index in [9.17, 15) is 4.79 Å². The van der Waals surface area contributed by atoms with Gasteiger partial charge in [0.25, 0.3) is 5.91 Å². The number of carbonyl (C=O) groups is 1. The van der Waals surface area contributed by atoms with Crippen LogP contribution in [0.15, 0.2) is 36.5 Å². The van der Waals surface area contributed by atoms with Crippen LogP contribution in [0.1, 0.15) is 61.0 Å². The van der Waals surface area contributed by atoms with E-state index >= 15 is 0 Å². The minimum atomic E-state index is 0.00836. The van der Waals surface area contributed by atoms with Crippen LogP contribution in [-0.4, -0.2) is 35.9 Å². The molecule has 4 aliphatic rings. The minimum Gasteiger partial charge on any atom is -0.385 e. The molecule has 1 N–H and O–H groups in total. The Morgan fingerprint density at radius 2 is 1.79 bits per heavy atom.